The molecule has 3 rings (SSSR count). The molecule has 0 saturated carbocycles. The van der Waals surface area contributed by atoms with Crippen LogP contribution in [-0.4, -0.2) is 36.5 Å². The zero-order valence-electron chi connectivity index (χ0n) is 13.1. The van der Waals surface area contributed by atoms with Crippen molar-refractivity contribution in [3.8, 4) is 5.75 Å². The van der Waals surface area contributed by atoms with Gasteiger partial charge in [-0.1, -0.05) is 23.8 Å². The average Bonchev–Trinajstić information content (AvgIpc) is 3.25. The standard InChI is InChI=1S/C17H21N3O2S/c1-13-4-6-15(7-5-13)22-12-17(21)20(14-9-18-19-10-14)11-16-3-2-8-23-16/h2-8,14,18-19H,9-12H2,1H3. The van der Waals surface area contributed by atoms with Gasteiger partial charge in [0.25, 0.3) is 5.91 Å². The molecule has 1 aromatic heterocycles. The lowest BCUT2D eigenvalue weighted by molar-refractivity contribution is -0.135. The van der Waals surface area contributed by atoms with E-state index in [9.17, 15) is 4.79 Å². The summed E-state index contributed by atoms with van der Waals surface area (Å²) in [7, 11) is 0. The fourth-order valence-electron chi connectivity index (χ4n) is 2.53. The van der Waals surface area contributed by atoms with Crippen LogP contribution in [0, 0.1) is 6.92 Å². The van der Waals surface area contributed by atoms with Gasteiger partial charge in [-0.3, -0.25) is 15.6 Å². The number of carbonyl (C=O) groups is 1. The summed E-state index contributed by atoms with van der Waals surface area (Å²) >= 11 is 1.67. The molecule has 1 aliphatic rings. The highest BCUT2D eigenvalue weighted by Gasteiger charge is 2.27. The predicted molar refractivity (Wildman–Crippen MR) is 91.3 cm³/mol. The van der Waals surface area contributed by atoms with Crippen LogP contribution in [0.4, 0.5) is 0 Å². The normalized spacial score (nSPS) is 14.8. The maximum atomic E-state index is 12.6. The Morgan fingerprint density at radius 1 is 1.26 bits per heavy atom. The van der Waals surface area contributed by atoms with Crippen molar-refractivity contribution in [2.75, 3.05) is 19.7 Å². The number of thiophene rings is 1. The van der Waals surface area contributed by atoms with Crippen LogP contribution in [-0.2, 0) is 11.3 Å². The molecule has 1 aliphatic heterocycles. The van der Waals surface area contributed by atoms with Crippen LogP contribution in [0.3, 0.4) is 0 Å². The topological polar surface area (TPSA) is 53.6 Å². The van der Waals surface area contributed by atoms with Gasteiger partial charge in [0.1, 0.15) is 5.75 Å². The Kier molecular flexibility index (Phi) is 5.27. The molecule has 2 N–H and O–H groups in total. The van der Waals surface area contributed by atoms with E-state index in [0.29, 0.717) is 6.54 Å². The molecule has 122 valence electrons. The average molecular weight is 331 g/mol. The second-order valence-electron chi connectivity index (χ2n) is 5.62. The molecule has 23 heavy (non-hydrogen) atoms. The SMILES string of the molecule is Cc1ccc(OCC(=O)N(Cc2cccs2)C2CNNC2)cc1. The van der Waals surface area contributed by atoms with Crippen LogP contribution in [0.2, 0.25) is 0 Å². The number of hydrogen-bond donors (Lipinski definition) is 2. The zero-order valence-corrected chi connectivity index (χ0v) is 13.9. The van der Waals surface area contributed by atoms with Gasteiger partial charge in [-0.05, 0) is 30.5 Å². The van der Waals surface area contributed by atoms with Crippen molar-refractivity contribution in [3.63, 3.8) is 0 Å². The maximum Gasteiger partial charge on any atom is 0.261 e. The van der Waals surface area contributed by atoms with Crippen LogP contribution in [0.5, 0.6) is 5.75 Å². The minimum absolute atomic E-state index is 0.00877. The van der Waals surface area contributed by atoms with Crippen LogP contribution in [0.1, 0.15) is 10.4 Å². The van der Waals surface area contributed by atoms with Crippen LogP contribution >= 0.6 is 11.3 Å². The number of rotatable bonds is 6. The van der Waals surface area contributed by atoms with E-state index in [0.717, 1.165) is 18.8 Å². The molecule has 0 bridgehead atoms. The second-order valence-corrected chi connectivity index (χ2v) is 6.65. The number of amides is 1. The summed E-state index contributed by atoms with van der Waals surface area (Å²) in [5, 5.41) is 2.03. The van der Waals surface area contributed by atoms with Crippen molar-refractivity contribution in [2.45, 2.75) is 19.5 Å². The summed E-state index contributed by atoms with van der Waals surface area (Å²) in [6.45, 7) is 4.22. The number of benzene rings is 1. The molecule has 1 amide bonds. The third kappa shape index (κ3) is 4.31. The Morgan fingerprint density at radius 2 is 2.00 bits per heavy atom. The number of ether oxygens (including phenoxy) is 1. The molecule has 2 aromatic rings. The smallest absolute Gasteiger partial charge is 0.261 e. The first-order chi connectivity index (χ1) is 11.2. The highest BCUT2D eigenvalue weighted by molar-refractivity contribution is 7.09. The number of nitrogens with one attached hydrogen (secondary N) is 2. The van der Waals surface area contributed by atoms with Gasteiger partial charge < -0.3 is 9.64 Å². The molecule has 1 fully saturated rings. The van der Waals surface area contributed by atoms with Crippen molar-refractivity contribution < 1.29 is 9.53 Å². The first-order valence-corrected chi connectivity index (χ1v) is 8.57. The quantitative estimate of drug-likeness (QED) is 0.849. The molecule has 0 radical (unpaired) electrons. The van der Waals surface area contributed by atoms with Crippen LogP contribution < -0.4 is 15.6 Å². The van der Waals surface area contributed by atoms with Crippen molar-refractivity contribution in [1.29, 1.82) is 0 Å². The molecule has 0 unspecified atom stereocenters. The van der Waals surface area contributed by atoms with Crippen molar-refractivity contribution >= 4 is 17.2 Å². The summed E-state index contributed by atoms with van der Waals surface area (Å²) in [5.74, 6) is 0.733. The molecule has 1 aromatic carbocycles. The highest BCUT2D eigenvalue weighted by atomic mass is 32.1. The molecular formula is C17H21N3O2S. The summed E-state index contributed by atoms with van der Waals surface area (Å²) < 4.78 is 5.65. The lowest BCUT2D eigenvalue weighted by atomic mass is 10.2. The van der Waals surface area contributed by atoms with Gasteiger partial charge in [0.05, 0.1) is 12.6 Å². The van der Waals surface area contributed by atoms with E-state index in [2.05, 4.69) is 16.9 Å². The number of nitrogens with zero attached hydrogens (tertiary/aromatic N) is 1. The Bertz CT molecular complexity index is 622. The second kappa shape index (κ2) is 7.59. The molecule has 0 spiro atoms. The van der Waals surface area contributed by atoms with E-state index in [1.165, 1.54) is 10.4 Å². The molecular weight excluding hydrogens is 310 g/mol. The van der Waals surface area contributed by atoms with Gasteiger partial charge >= 0.3 is 0 Å². The molecule has 0 aliphatic carbocycles. The summed E-state index contributed by atoms with van der Waals surface area (Å²) in [5.41, 5.74) is 7.34. The molecule has 6 heteroatoms. The van der Waals surface area contributed by atoms with E-state index in [4.69, 9.17) is 4.74 Å². The van der Waals surface area contributed by atoms with Crippen LogP contribution in [0.25, 0.3) is 0 Å². The first kappa shape index (κ1) is 16.0. The zero-order chi connectivity index (χ0) is 16.1. The summed E-state index contributed by atoms with van der Waals surface area (Å²) in [6.07, 6.45) is 0. The van der Waals surface area contributed by atoms with Gasteiger partial charge in [-0.2, -0.15) is 0 Å². The maximum absolute atomic E-state index is 12.6. The van der Waals surface area contributed by atoms with Gasteiger partial charge in [-0.15, -0.1) is 11.3 Å². The van der Waals surface area contributed by atoms with Crippen molar-refractivity contribution in [1.82, 2.24) is 15.8 Å². The fraction of sp³-hybridized carbons (Fsp3) is 0.353. The molecule has 2 heterocycles. The summed E-state index contributed by atoms with van der Waals surface area (Å²) in [6, 6.07) is 12.0. The number of hydrazine groups is 1. The van der Waals surface area contributed by atoms with Gasteiger partial charge in [0, 0.05) is 18.0 Å². The van der Waals surface area contributed by atoms with Gasteiger partial charge in [0.15, 0.2) is 6.61 Å². The lowest BCUT2D eigenvalue weighted by Gasteiger charge is -2.27. The molecule has 5 nitrogen and oxygen atoms in total. The Balaban J connectivity index is 1.63. The number of carbonyl (C=O) groups excluding carboxylic acids is 1. The van der Waals surface area contributed by atoms with E-state index in [1.807, 2.05) is 47.5 Å². The highest BCUT2D eigenvalue weighted by Crippen LogP contribution is 2.16. The third-order valence-corrected chi connectivity index (χ3v) is 4.71. The largest absolute Gasteiger partial charge is 0.484 e. The molecule has 1 saturated heterocycles. The van der Waals surface area contributed by atoms with E-state index >= 15 is 0 Å². The first-order valence-electron chi connectivity index (χ1n) is 7.69. The molecule has 0 atom stereocenters. The number of aryl methyl sites for hydroxylation is 1. The van der Waals surface area contributed by atoms with E-state index < -0.39 is 0 Å². The summed E-state index contributed by atoms with van der Waals surface area (Å²) in [4.78, 5) is 15.7. The van der Waals surface area contributed by atoms with Crippen LogP contribution in [0.15, 0.2) is 41.8 Å². The van der Waals surface area contributed by atoms with Gasteiger partial charge in [-0.25, -0.2) is 0 Å². The Morgan fingerprint density at radius 3 is 2.65 bits per heavy atom. The minimum Gasteiger partial charge on any atom is -0.484 e. The van der Waals surface area contributed by atoms with Crippen molar-refractivity contribution in [3.05, 3.63) is 52.2 Å². The van der Waals surface area contributed by atoms with Gasteiger partial charge in [0.2, 0.25) is 0 Å². The predicted octanol–water partition coefficient (Wildman–Crippen LogP) is 1.94. The Hall–Kier alpha value is -1.89. The third-order valence-electron chi connectivity index (χ3n) is 3.85. The fourth-order valence-corrected chi connectivity index (χ4v) is 3.23. The van der Waals surface area contributed by atoms with Crippen molar-refractivity contribution in [2.24, 2.45) is 0 Å². The Labute approximate surface area is 140 Å². The van der Waals surface area contributed by atoms with E-state index in [-0.39, 0.29) is 18.6 Å². The lowest BCUT2D eigenvalue weighted by Crippen LogP contribution is -2.44. The monoisotopic (exact) mass is 331 g/mol. The van der Waals surface area contributed by atoms with E-state index in [1.54, 1.807) is 11.3 Å². The number of hydrogen-bond acceptors (Lipinski definition) is 5. The minimum atomic E-state index is 0.00877.